The van der Waals surface area contributed by atoms with Crippen molar-refractivity contribution in [3.63, 3.8) is 0 Å². The van der Waals surface area contributed by atoms with Crippen molar-refractivity contribution in [2.45, 2.75) is 37.5 Å². The van der Waals surface area contributed by atoms with E-state index in [1.807, 2.05) is 0 Å². The molecule has 1 N–H and O–H groups in total. The van der Waals surface area contributed by atoms with Crippen molar-refractivity contribution >= 4 is 5.69 Å². The number of aromatic nitrogens is 2. The van der Waals surface area contributed by atoms with Crippen LogP contribution in [0.4, 0.5) is 5.69 Å². The van der Waals surface area contributed by atoms with E-state index in [0.29, 0.717) is 19.4 Å². The smallest absolute Gasteiger partial charge is 0.313 e. The van der Waals surface area contributed by atoms with Crippen molar-refractivity contribution in [3.05, 3.63) is 32.4 Å². The molecule has 1 fully saturated rings. The average molecular weight is 296 g/mol. The Labute approximate surface area is 120 Å². The van der Waals surface area contributed by atoms with Crippen LogP contribution in [0.3, 0.4) is 0 Å². The van der Waals surface area contributed by atoms with E-state index in [-0.39, 0.29) is 11.4 Å². The number of nitro groups is 1. The van der Waals surface area contributed by atoms with Crippen molar-refractivity contribution in [2.24, 2.45) is 12.2 Å². The Balaban J connectivity index is 2.55. The van der Waals surface area contributed by atoms with Crippen molar-refractivity contribution in [1.82, 2.24) is 9.78 Å². The fourth-order valence-corrected chi connectivity index (χ4v) is 2.72. The van der Waals surface area contributed by atoms with E-state index in [1.54, 1.807) is 6.92 Å². The average Bonchev–Trinajstić information content (AvgIpc) is 2.77. The molecule has 10 heteroatoms. The zero-order valence-electron chi connectivity index (χ0n) is 11.7. The predicted molar refractivity (Wildman–Crippen MR) is 71.3 cm³/mol. The molecular weight excluding hydrogens is 280 g/mol. The number of nitrogens with zero attached hydrogens (tertiary/aromatic N) is 6. The first-order chi connectivity index (χ1) is 9.91. The molecule has 1 aliphatic heterocycles. The predicted octanol–water partition coefficient (Wildman–Crippen LogP) is 1.39. The second-order valence-electron chi connectivity index (χ2n) is 5.07. The summed E-state index contributed by atoms with van der Waals surface area (Å²) in [7, 11) is 1.54. The van der Waals surface area contributed by atoms with Gasteiger partial charge in [0, 0.05) is 18.6 Å². The highest BCUT2D eigenvalue weighted by atomic mass is 16.6. The minimum absolute atomic E-state index is 0.153. The molecule has 0 unspecified atom stereocenters. The zero-order valence-corrected chi connectivity index (χ0v) is 11.7. The van der Waals surface area contributed by atoms with Crippen LogP contribution in [0.25, 0.3) is 10.4 Å². The molecule has 114 valence electrons. The lowest BCUT2D eigenvalue weighted by Gasteiger charge is -2.34. The molecule has 21 heavy (non-hydrogen) atoms. The highest BCUT2D eigenvalue weighted by Crippen LogP contribution is 2.39. The Bertz CT molecular complexity index is 596. The van der Waals surface area contributed by atoms with Gasteiger partial charge in [0.1, 0.15) is 17.5 Å². The second kappa shape index (κ2) is 5.68. The van der Waals surface area contributed by atoms with Gasteiger partial charge >= 0.3 is 5.69 Å². The van der Waals surface area contributed by atoms with Crippen LogP contribution in [0, 0.1) is 10.1 Å². The van der Waals surface area contributed by atoms with E-state index in [2.05, 4.69) is 15.1 Å². The molecular formula is C11H16N6O4. The molecule has 1 saturated heterocycles. The topological polar surface area (TPSA) is 139 Å². The minimum Gasteiger partial charge on any atom is -0.389 e. The molecule has 1 aromatic rings. The molecule has 0 radical (unpaired) electrons. The first-order valence-corrected chi connectivity index (χ1v) is 6.45. The van der Waals surface area contributed by atoms with Gasteiger partial charge in [-0.05, 0) is 25.3 Å². The summed E-state index contributed by atoms with van der Waals surface area (Å²) in [5.41, 5.74) is 7.15. The van der Waals surface area contributed by atoms with E-state index in [0.717, 1.165) is 6.20 Å². The van der Waals surface area contributed by atoms with Crippen molar-refractivity contribution in [1.29, 1.82) is 0 Å². The van der Waals surface area contributed by atoms with Gasteiger partial charge in [0.15, 0.2) is 0 Å². The minimum atomic E-state index is -1.37. The van der Waals surface area contributed by atoms with Crippen LogP contribution in [-0.4, -0.2) is 38.6 Å². The van der Waals surface area contributed by atoms with Gasteiger partial charge in [0.05, 0.1) is 17.1 Å². The van der Waals surface area contributed by atoms with Gasteiger partial charge in [-0.2, -0.15) is 5.10 Å². The Hall–Kier alpha value is -2.16. The van der Waals surface area contributed by atoms with Crippen LogP contribution in [0.15, 0.2) is 11.3 Å². The zero-order chi connectivity index (χ0) is 15.6. The molecule has 1 aliphatic rings. The summed E-state index contributed by atoms with van der Waals surface area (Å²) in [6, 6.07) is -0.711. The first-order valence-electron chi connectivity index (χ1n) is 6.45. The molecule has 0 amide bonds. The maximum absolute atomic E-state index is 11.2. The molecule has 0 aromatic carbocycles. The summed E-state index contributed by atoms with van der Waals surface area (Å²) < 4.78 is 7.00. The van der Waals surface area contributed by atoms with Crippen molar-refractivity contribution < 1.29 is 14.8 Å². The van der Waals surface area contributed by atoms with E-state index < -0.39 is 22.7 Å². The second-order valence-corrected chi connectivity index (χ2v) is 5.07. The SMILES string of the molecule is Cn1ncc([N+](=O)[O-])c1[C@@]1(C)OCCC[C@@H](N=[N+]=[N-])[C@@H]1O. The highest BCUT2D eigenvalue weighted by molar-refractivity contribution is 5.38. The maximum atomic E-state index is 11.2. The quantitative estimate of drug-likeness (QED) is 0.295. The Morgan fingerprint density at radius 3 is 3.10 bits per heavy atom. The summed E-state index contributed by atoms with van der Waals surface area (Å²) in [4.78, 5) is 13.3. The Morgan fingerprint density at radius 1 is 1.76 bits per heavy atom. The highest BCUT2D eigenvalue weighted by Gasteiger charge is 2.48. The molecule has 3 atom stereocenters. The third-order valence-electron chi connectivity index (χ3n) is 3.76. The lowest BCUT2D eigenvalue weighted by molar-refractivity contribution is -0.387. The molecule has 0 spiro atoms. The van der Waals surface area contributed by atoms with Gasteiger partial charge in [-0.1, -0.05) is 5.11 Å². The third-order valence-corrected chi connectivity index (χ3v) is 3.76. The Morgan fingerprint density at radius 2 is 2.48 bits per heavy atom. The lowest BCUT2D eigenvalue weighted by Crippen LogP contribution is -2.45. The molecule has 10 nitrogen and oxygen atoms in total. The van der Waals surface area contributed by atoms with E-state index in [4.69, 9.17) is 10.3 Å². The number of ether oxygens (including phenoxy) is 1. The number of hydrogen-bond acceptors (Lipinski definition) is 6. The molecule has 2 rings (SSSR count). The third kappa shape index (κ3) is 2.56. The summed E-state index contributed by atoms with van der Waals surface area (Å²) in [6.07, 6.45) is 0.948. The largest absolute Gasteiger partial charge is 0.389 e. The van der Waals surface area contributed by atoms with Crippen LogP contribution >= 0.6 is 0 Å². The van der Waals surface area contributed by atoms with E-state index in [9.17, 15) is 15.2 Å². The molecule has 2 heterocycles. The van der Waals surface area contributed by atoms with Crippen LogP contribution in [0.5, 0.6) is 0 Å². The van der Waals surface area contributed by atoms with Crippen molar-refractivity contribution in [3.8, 4) is 0 Å². The summed E-state index contributed by atoms with van der Waals surface area (Å²) >= 11 is 0. The maximum Gasteiger partial charge on any atom is 0.313 e. The first kappa shape index (κ1) is 15.2. The van der Waals surface area contributed by atoms with E-state index in [1.165, 1.54) is 11.7 Å². The van der Waals surface area contributed by atoms with Gasteiger partial charge in [-0.15, -0.1) is 0 Å². The molecule has 0 saturated carbocycles. The summed E-state index contributed by atoms with van der Waals surface area (Å²) in [5.74, 6) is 0. The van der Waals surface area contributed by atoms with Crippen LogP contribution in [-0.2, 0) is 17.4 Å². The summed E-state index contributed by atoms with van der Waals surface area (Å²) in [5, 5.41) is 29.2. The molecule has 1 aromatic heterocycles. The van der Waals surface area contributed by atoms with E-state index >= 15 is 0 Å². The van der Waals surface area contributed by atoms with Gasteiger partial charge in [-0.25, -0.2) is 0 Å². The number of azide groups is 1. The number of rotatable bonds is 3. The van der Waals surface area contributed by atoms with Gasteiger partial charge < -0.3 is 9.84 Å². The molecule has 0 aliphatic carbocycles. The monoisotopic (exact) mass is 296 g/mol. The Kier molecular flexibility index (Phi) is 4.12. The number of aryl methyl sites for hydroxylation is 1. The normalized spacial score (nSPS) is 29.5. The van der Waals surface area contributed by atoms with Gasteiger partial charge in [0.2, 0.25) is 0 Å². The van der Waals surface area contributed by atoms with Gasteiger partial charge in [0.25, 0.3) is 0 Å². The number of aliphatic hydroxyl groups excluding tert-OH is 1. The lowest BCUT2D eigenvalue weighted by atomic mass is 9.88. The fourth-order valence-electron chi connectivity index (χ4n) is 2.72. The fraction of sp³-hybridized carbons (Fsp3) is 0.727. The van der Waals surface area contributed by atoms with Crippen LogP contribution in [0.2, 0.25) is 0 Å². The summed E-state index contributed by atoms with van der Waals surface area (Å²) in [6.45, 7) is 1.85. The standard InChI is InChI=1S/C11H16N6O4/c1-11(9-8(17(19)20)6-13-16(9)2)10(18)7(14-15-12)4-3-5-21-11/h6-7,10,18H,3-5H2,1-2H3/t7-,10+,11-/m1/s1. The van der Waals surface area contributed by atoms with Gasteiger partial charge in [-0.3, -0.25) is 14.8 Å². The van der Waals surface area contributed by atoms with Crippen LogP contribution in [0.1, 0.15) is 25.5 Å². The number of aliphatic hydroxyl groups is 1. The van der Waals surface area contributed by atoms with Crippen LogP contribution < -0.4 is 0 Å². The molecule has 0 bridgehead atoms. The number of hydrogen-bond donors (Lipinski definition) is 1. The van der Waals surface area contributed by atoms with Crippen molar-refractivity contribution in [2.75, 3.05) is 6.61 Å².